The molecule has 9 nitrogen and oxygen atoms in total. The number of anilines is 1. The lowest BCUT2D eigenvalue weighted by molar-refractivity contribution is -0.133. The number of likely N-dealkylation sites (tertiary alicyclic amines) is 1. The number of nitrogens with two attached hydrogens (primary N) is 1. The lowest BCUT2D eigenvalue weighted by Gasteiger charge is -2.32. The minimum Gasteiger partial charge on any atom is -0.374 e. The molecule has 2 aliphatic heterocycles. The number of piperidine rings is 2. The van der Waals surface area contributed by atoms with Gasteiger partial charge < -0.3 is 11.1 Å². The van der Waals surface area contributed by atoms with Crippen LogP contribution in [-0.2, 0) is 22.7 Å². The first-order valence-electron chi connectivity index (χ1n) is 16.1. The molecule has 0 aliphatic carbocycles. The fourth-order valence-electron chi connectivity index (χ4n) is 6.70. The van der Waals surface area contributed by atoms with Crippen molar-refractivity contribution in [1.82, 2.24) is 25.0 Å². The summed E-state index contributed by atoms with van der Waals surface area (Å²) >= 11 is 0. The predicted molar refractivity (Wildman–Crippen MR) is 180 cm³/mol. The average molecular weight is 614 g/mol. The van der Waals surface area contributed by atoms with E-state index in [9.17, 15) is 9.59 Å². The van der Waals surface area contributed by atoms with Gasteiger partial charge in [0.05, 0.1) is 11.9 Å². The minimum absolute atomic E-state index is 0.196. The van der Waals surface area contributed by atoms with Gasteiger partial charge in [0, 0.05) is 37.0 Å². The van der Waals surface area contributed by atoms with Gasteiger partial charge in [0.1, 0.15) is 17.1 Å². The smallest absolute Gasteiger partial charge is 0.249 e. The molecule has 2 saturated heterocycles. The first-order chi connectivity index (χ1) is 22.4. The average Bonchev–Trinajstić information content (AvgIpc) is 3.52. The maximum absolute atomic E-state index is 12.1. The Morgan fingerprint density at radius 2 is 1.74 bits per heavy atom. The Morgan fingerprint density at radius 1 is 0.957 bits per heavy atom. The molecule has 9 heteroatoms. The van der Waals surface area contributed by atoms with Crippen molar-refractivity contribution >= 4 is 28.5 Å². The van der Waals surface area contributed by atoms with Crippen molar-refractivity contribution in [1.29, 1.82) is 0 Å². The molecule has 0 saturated carbocycles. The number of nitrogens with one attached hydrogen (secondary N) is 2. The molecule has 2 aliphatic rings. The van der Waals surface area contributed by atoms with E-state index in [4.69, 9.17) is 10.8 Å². The van der Waals surface area contributed by atoms with E-state index in [2.05, 4.69) is 82.0 Å². The van der Waals surface area contributed by atoms with Crippen LogP contribution in [0.15, 0.2) is 85.2 Å². The van der Waals surface area contributed by atoms with Gasteiger partial charge in [-0.25, -0.2) is 4.68 Å². The largest absolute Gasteiger partial charge is 0.374 e. The number of aromatic nitrogens is 3. The number of aryl methyl sites for hydroxylation is 1. The molecule has 1 atom stereocenters. The number of benzene rings is 3. The number of imide groups is 1. The summed E-state index contributed by atoms with van der Waals surface area (Å²) in [5, 5.41) is 10.6. The molecule has 0 spiro atoms. The topological polar surface area (TPSA) is 118 Å². The van der Waals surface area contributed by atoms with Crippen LogP contribution in [-0.4, -0.2) is 50.6 Å². The Hall–Kier alpha value is -4.86. The van der Waals surface area contributed by atoms with Crippen molar-refractivity contribution in [3.05, 3.63) is 107 Å². The summed E-state index contributed by atoms with van der Waals surface area (Å²) in [6.45, 7) is 5.65. The molecule has 4 N–H and O–H groups in total. The number of amides is 2. The second-order valence-corrected chi connectivity index (χ2v) is 12.5. The van der Waals surface area contributed by atoms with Gasteiger partial charge in [-0.15, -0.1) is 0 Å². The van der Waals surface area contributed by atoms with Crippen LogP contribution in [0.4, 0.5) is 5.69 Å². The maximum atomic E-state index is 12.1. The molecule has 0 bridgehead atoms. The van der Waals surface area contributed by atoms with E-state index in [0.717, 1.165) is 71.6 Å². The van der Waals surface area contributed by atoms with Crippen molar-refractivity contribution in [2.75, 3.05) is 18.4 Å². The van der Waals surface area contributed by atoms with Gasteiger partial charge in [-0.05, 0) is 103 Å². The van der Waals surface area contributed by atoms with Gasteiger partial charge in [-0.2, -0.15) is 5.10 Å². The normalized spacial score (nSPS) is 17.7. The maximum Gasteiger partial charge on any atom is 0.249 e. The van der Waals surface area contributed by atoms with Crippen LogP contribution in [0.1, 0.15) is 53.9 Å². The second kappa shape index (κ2) is 12.9. The molecule has 46 heavy (non-hydrogen) atoms. The fraction of sp³-hybridized carbons (Fsp3) is 0.297. The molecule has 2 fully saturated rings. The Balaban J connectivity index is 0.953. The summed E-state index contributed by atoms with van der Waals surface area (Å²) in [6.07, 6.45) is 6.97. The minimum atomic E-state index is -0.361. The SMILES string of the molecule is Cc1cc(-c2ccnc3cn(-c4ccc(CN5CCC(c6ccc(NC7CCC(=O)NC7=O)cc6)CC5)cc4)nc23)ccc1CN. The second-order valence-electron chi connectivity index (χ2n) is 12.5. The number of carbonyl (C=O) groups is 2. The van der Waals surface area contributed by atoms with E-state index in [1.807, 2.05) is 35.3 Å². The standard InChI is InChI=1S/C37H39N7O2/c1-24-20-28(4-5-29(24)21-38)32-14-17-39-34-23-44(42-36(32)34)31-10-2-25(3-11-31)22-43-18-15-27(16-19-43)26-6-8-30(9-7-26)40-33-12-13-35(45)41-37(33)46/h2-11,14,17,20,23,27,33,40H,12-13,15-16,18-19,21-22,38H2,1H3,(H,41,45,46). The highest BCUT2D eigenvalue weighted by Gasteiger charge is 2.26. The predicted octanol–water partition coefficient (Wildman–Crippen LogP) is 5.45. The van der Waals surface area contributed by atoms with E-state index in [1.165, 1.54) is 16.7 Å². The fourth-order valence-corrected chi connectivity index (χ4v) is 6.70. The summed E-state index contributed by atoms with van der Waals surface area (Å²) in [5.41, 5.74) is 16.7. The molecule has 7 rings (SSSR count). The number of rotatable bonds is 8. The van der Waals surface area contributed by atoms with Crippen LogP contribution in [0.5, 0.6) is 0 Å². The quantitative estimate of drug-likeness (QED) is 0.199. The van der Waals surface area contributed by atoms with Crippen LogP contribution in [0.2, 0.25) is 0 Å². The highest BCUT2D eigenvalue weighted by molar-refractivity contribution is 6.01. The first kappa shape index (κ1) is 29.8. The molecule has 2 aromatic heterocycles. The molecule has 234 valence electrons. The van der Waals surface area contributed by atoms with Gasteiger partial charge in [-0.1, -0.05) is 42.5 Å². The van der Waals surface area contributed by atoms with Gasteiger partial charge in [-0.3, -0.25) is 24.8 Å². The number of carbonyl (C=O) groups excluding carboxylic acids is 2. The van der Waals surface area contributed by atoms with Crippen LogP contribution in [0.3, 0.4) is 0 Å². The molecule has 4 heterocycles. The van der Waals surface area contributed by atoms with Gasteiger partial charge in [0.15, 0.2) is 0 Å². The molecular formula is C37H39N7O2. The summed E-state index contributed by atoms with van der Waals surface area (Å²) in [4.78, 5) is 30.6. The number of hydrogen-bond donors (Lipinski definition) is 3. The summed E-state index contributed by atoms with van der Waals surface area (Å²) in [7, 11) is 0. The number of hydrogen-bond acceptors (Lipinski definition) is 7. The lowest BCUT2D eigenvalue weighted by atomic mass is 9.89. The van der Waals surface area contributed by atoms with Crippen molar-refractivity contribution < 1.29 is 9.59 Å². The van der Waals surface area contributed by atoms with Gasteiger partial charge >= 0.3 is 0 Å². The summed E-state index contributed by atoms with van der Waals surface area (Å²) in [6, 6.07) is 25.2. The molecule has 3 aromatic carbocycles. The van der Waals surface area contributed by atoms with Crippen molar-refractivity contribution in [2.45, 2.75) is 57.7 Å². The van der Waals surface area contributed by atoms with E-state index in [1.54, 1.807) is 0 Å². The van der Waals surface area contributed by atoms with Crippen LogP contribution in [0, 0.1) is 6.92 Å². The van der Waals surface area contributed by atoms with E-state index < -0.39 is 0 Å². The number of nitrogens with zero attached hydrogens (tertiary/aromatic N) is 4. The third-order valence-electron chi connectivity index (χ3n) is 9.44. The van der Waals surface area contributed by atoms with Crippen LogP contribution in [0.25, 0.3) is 27.8 Å². The third kappa shape index (κ3) is 6.29. The Morgan fingerprint density at radius 3 is 2.46 bits per heavy atom. The highest BCUT2D eigenvalue weighted by Crippen LogP contribution is 2.31. The Kier molecular flexibility index (Phi) is 8.34. The lowest BCUT2D eigenvalue weighted by Crippen LogP contribution is -2.47. The van der Waals surface area contributed by atoms with Crippen molar-refractivity contribution in [2.24, 2.45) is 5.73 Å². The van der Waals surface area contributed by atoms with E-state index >= 15 is 0 Å². The summed E-state index contributed by atoms with van der Waals surface area (Å²) < 4.78 is 1.92. The first-order valence-corrected chi connectivity index (χ1v) is 16.1. The zero-order valence-electron chi connectivity index (χ0n) is 26.1. The van der Waals surface area contributed by atoms with Crippen LogP contribution >= 0.6 is 0 Å². The zero-order valence-corrected chi connectivity index (χ0v) is 26.1. The highest BCUT2D eigenvalue weighted by atomic mass is 16.2. The van der Waals surface area contributed by atoms with Crippen molar-refractivity contribution in [3.8, 4) is 16.8 Å². The molecule has 0 radical (unpaired) electrons. The number of fused-ring (bicyclic) bond motifs is 1. The summed E-state index contributed by atoms with van der Waals surface area (Å²) in [5.74, 6) is 0.0837. The van der Waals surface area contributed by atoms with Crippen molar-refractivity contribution in [3.63, 3.8) is 0 Å². The zero-order chi connectivity index (χ0) is 31.6. The molecule has 1 unspecified atom stereocenters. The Labute approximate surface area is 268 Å². The third-order valence-corrected chi connectivity index (χ3v) is 9.44. The van der Waals surface area contributed by atoms with Gasteiger partial charge in [0.25, 0.3) is 0 Å². The monoisotopic (exact) mass is 613 g/mol. The Bertz CT molecular complexity index is 1870. The molecule has 5 aromatic rings. The van der Waals surface area contributed by atoms with E-state index in [-0.39, 0.29) is 17.9 Å². The van der Waals surface area contributed by atoms with Crippen LogP contribution < -0.4 is 16.4 Å². The molecule has 2 amide bonds. The molecular weight excluding hydrogens is 574 g/mol. The van der Waals surface area contributed by atoms with Gasteiger partial charge in [0.2, 0.25) is 11.8 Å². The van der Waals surface area contributed by atoms with E-state index in [0.29, 0.717) is 25.3 Å². The number of pyridine rings is 1.